The van der Waals surface area contributed by atoms with E-state index in [0.717, 1.165) is 27.8 Å². The number of carbonyl (C=O) groups is 2. The molecule has 0 saturated heterocycles. The minimum absolute atomic E-state index is 0.416. The van der Waals surface area contributed by atoms with Gasteiger partial charge in [-0.3, -0.25) is 4.79 Å². The standard InChI is InChI=1S/C21H19N3O4S/c1-13-8-18(29-12-23)9-14(2)20(13)24-19(25)11-27-21(26)15(3)28-17-6-4-16(10-22)5-7-17/h4-9,15H,11H2,1-3H3,(H,24,25)/t15-/m0/s1. The summed E-state index contributed by atoms with van der Waals surface area (Å²) in [7, 11) is 0. The van der Waals surface area contributed by atoms with Gasteiger partial charge in [0, 0.05) is 10.6 Å². The Bertz CT molecular complexity index is 967. The van der Waals surface area contributed by atoms with Gasteiger partial charge in [0.15, 0.2) is 12.7 Å². The van der Waals surface area contributed by atoms with Gasteiger partial charge in [0.2, 0.25) is 0 Å². The molecule has 148 valence electrons. The molecule has 0 aliphatic rings. The molecule has 0 unspecified atom stereocenters. The van der Waals surface area contributed by atoms with E-state index in [1.54, 1.807) is 36.4 Å². The zero-order valence-electron chi connectivity index (χ0n) is 16.2. The van der Waals surface area contributed by atoms with Gasteiger partial charge in [-0.1, -0.05) is 0 Å². The summed E-state index contributed by atoms with van der Waals surface area (Å²) in [6.45, 7) is 4.71. The number of esters is 1. The van der Waals surface area contributed by atoms with Gasteiger partial charge in [-0.05, 0) is 80.1 Å². The average Bonchev–Trinajstić information content (AvgIpc) is 2.69. The van der Waals surface area contributed by atoms with Gasteiger partial charge in [0.1, 0.15) is 11.2 Å². The van der Waals surface area contributed by atoms with Crippen molar-refractivity contribution in [2.45, 2.75) is 31.8 Å². The third kappa shape index (κ3) is 6.27. The molecule has 2 rings (SSSR count). The van der Waals surface area contributed by atoms with E-state index < -0.39 is 24.6 Å². The summed E-state index contributed by atoms with van der Waals surface area (Å²) in [5.74, 6) is -0.742. The van der Waals surface area contributed by atoms with Crippen LogP contribution in [0.2, 0.25) is 0 Å². The lowest BCUT2D eigenvalue weighted by molar-refractivity contribution is -0.153. The van der Waals surface area contributed by atoms with Crippen molar-refractivity contribution in [3.8, 4) is 17.2 Å². The Morgan fingerprint density at radius 3 is 2.31 bits per heavy atom. The molecule has 29 heavy (non-hydrogen) atoms. The summed E-state index contributed by atoms with van der Waals surface area (Å²) in [6, 6.07) is 11.9. The first-order valence-electron chi connectivity index (χ1n) is 8.64. The maximum atomic E-state index is 12.2. The van der Waals surface area contributed by atoms with E-state index in [9.17, 15) is 9.59 Å². The van der Waals surface area contributed by atoms with Gasteiger partial charge in [-0.25, -0.2) is 4.79 Å². The molecule has 2 aromatic rings. The highest BCUT2D eigenvalue weighted by Gasteiger charge is 2.18. The fourth-order valence-electron chi connectivity index (χ4n) is 2.52. The van der Waals surface area contributed by atoms with Crippen LogP contribution < -0.4 is 10.1 Å². The second-order valence-corrected chi connectivity index (χ2v) is 7.04. The van der Waals surface area contributed by atoms with Gasteiger partial charge in [0.05, 0.1) is 11.6 Å². The molecule has 0 aromatic heterocycles. The number of rotatable bonds is 7. The van der Waals surface area contributed by atoms with Crippen LogP contribution in [0.25, 0.3) is 0 Å². The number of nitrogens with one attached hydrogen (secondary N) is 1. The molecular formula is C21H19N3O4S. The molecule has 1 amide bonds. The highest BCUT2D eigenvalue weighted by Crippen LogP contribution is 2.27. The Labute approximate surface area is 173 Å². The van der Waals surface area contributed by atoms with Crippen LogP contribution in [0.4, 0.5) is 5.69 Å². The summed E-state index contributed by atoms with van der Waals surface area (Å²) >= 11 is 1.04. The maximum Gasteiger partial charge on any atom is 0.347 e. The van der Waals surface area contributed by atoms with E-state index in [2.05, 4.69) is 5.32 Å². The summed E-state index contributed by atoms with van der Waals surface area (Å²) in [5, 5.41) is 22.3. The SMILES string of the molecule is Cc1cc(SC#N)cc(C)c1NC(=O)COC(=O)[C@H](C)Oc1ccc(C#N)cc1. The second kappa shape index (κ2) is 10.2. The lowest BCUT2D eigenvalue weighted by Gasteiger charge is -2.15. The fraction of sp³-hybridized carbons (Fsp3) is 0.238. The van der Waals surface area contributed by atoms with Crippen LogP contribution in [-0.4, -0.2) is 24.6 Å². The Morgan fingerprint density at radius 1 is 1.14 bits per heavy atom. The topological polar surface area (TPSA) is 112 Å². The number of carbonyl (C=O) groups excluding carboxylic acids is 2. The van der Waals surface area contributed by atoms with Crippen LogP contribution in [-0.2, 0) is 14.3 Å². The first kappa shape index (κ1) is 21.8. The van der Waals surface area contributed by atoms with Gasteiger partial charge in [-0.2, -0.15) is 10.5 Å². The molecule has 1 atom stereocenters. The van der Waals surface area contributed by atoms with Crippen LogP contribution in [0.1, 0.15) is 23.6 Å². The first-order chi connectivity index (χ1) is 13.8. The third-order valence-corrected chi connectivity index (χ3v) is 4.47. The predicted octanol–water partition coefficient (Wildman–Crippen LogP) is 3.70. The number of hydrogen-bond donors (Lipinski definition) is 1. The number of thiocyanates is 1. The number of aryl methyl sites for hydroxylation is 2. The molecule has 0 radical (unpaired) electrons. The molecule has 0 aliphatic heterocycles. The molecule has 0 fully saturated rings. The number of benzene rings is 2. The van der Waals surface area contributed by atoms with Crippen LogP contribution in [0.3, 0.4) is 0 Å². The van der Waals surface area contributed by atoms with Crippen molar-refractivity contribution in [2.24, 2.45) is 0 Å². The lowest BCUT2D eigenvalue weighted by Crippen LogP contribution is -2.30. The van der Waals surface area contributed by atoms with Crippen LogP contribution >= 0.6 is 11.8 Å². The van der Waals surface area contributed by atoms with Crippen molar-refractivity contribution in [3.63, 3.8) is 0 Å². The molecule has 0 heterocycles. The Morgan fingerprint density at radius 2 is 1.76 bits per heavy atom. The number of anilines is 1. The van der Waals surface area contributed by atoms with E-state index >= 15 is 0 Å². The van der Waals surface area contributed by atoms with Crippen molar-refractivity contribution < 1.29 is 19.1 Å². The number of nitriles is 2. The summed E-state index contributed by atoms with van der Waals surface area (Å²) < 4.78 is 10.5. The molecular weight excluding hydrogens is 390 g/mol. The van der Waals surface area contributed by atoms with Gasteiger partial charge in [-0.15, -0.1) is 0 Å². The second-order valence-electron chi connectivity index (χ2n) is 6.18. The first-order valence-corrected chi connectivity index (χ1v) is 9.46. The molecule has 7 nitrogen and oxygen atoms in total. The minimum Gasteiger partial charge on any atom is -0.479 e. The van der Waals surface area contributed by atoms with E-state index in [4.69, 9.17) is 20.0 Å². The highest BCUT2D eigenvalue weighted by atomic mass is 32.2. The van der Waals surface area contributed by atoms with E-state index in [-0.39, 0.29) is 0 Å². The van der Waals surface area contributed by atoms with Crippen molar-refractivity contribution >= 4 is 29.3 Å². The lowest BCUT2D eigenvalue weighted by atomic mass is 10.1. The number of ether oxygens (including phenoxy) is 2. The largest absolute Gasteiger partial charge is 0.479 e. The van der Waals surface area contributed by atoms with Crippen LogP contribution in [0, 0.1) is 35.8 Å². The average molecular weight is 409 g/mol. The smallest absolute Gasteiger partial charge is 0.347 e. The predicted molar refractivity (Wildman–Crippen MR) is 108 cm³/mol. The van der Waals surface area contributed by atoms with E-state index in [0.29, 0.717) is 17.0 Å². The van der Waals surface area contributed by atoms with Gasteiger partial charge >= 0.3 is 5.97 Å². The number of hydrogen-bond acceptors (Lipinski definition) is 7. The van der Waals surface area contributed by atoms with Crippen molar-refractivity contribution in [1.82, 2.24) is 0 Å². The Hall–Kier alpha value is -3.49. The molecule has 0 bridgehead atoms. The monoisotopic (exact) mass is 409 g/mol. The molecule has 1 N–H and O–H groups in total. The fourth-order valence-corrected chi connectivity index (χ4v) is 3.10. The van der Waals surface area contributed by atoms with Crippen LogP contribution in [0.15, 0.2) is 41.3 Å². The van der Waals surface area contributed by atoms with E-state index in [1.165, 1.54) is 6.92 Å². The summed E-state index contributed by atoms with van der Waals surface area (Å²) in [5.41, 5.74) is 2.71. The molecule has 8 heteroatoms. The summed E-state index contributed by atoms with van der Waals surface area (Å²) in [4.78, 5) is 25.0. The van der Waals surface area contributed by atoms with Crippen molar-refractivity contribution in [2.75, 3.05) is 11.9 Å². The van der Waals surface area contributed by atoms with Crippen LogP contribution in [0.5, 0.6) is 5.75 Å². The Balaban J connectivity index is 1.89. The summed E-state index contributed by atoms with van der Waals surface area (Å²) in [6.07, 6.45) is -0.915. The zero-order valence-corrected chi connectivity index (χ0v) is 17.0. The normalized spacial score (nSPS) is 10.9. The van der Waals surface area contributed by atoms with Gasteiger partial charge in [0.25, 0.3) is 5.91 Å². The molecule has 0 saturated carbocycles. The minimum atomic E-state index is -0.915. The van der Waals surface area contributed by atoms with Crippen molar-refractivity contribution in [3.05, 3.63) is 53.1 Å². The Kier molecular flexibility index (Phi) is 7.64. The third-order valence-electron chi connectivity index (χ3n) is 3.91. The van der Waals surface area contributed by atoms with Crippen molar-refractivity contribution in [1.29, 1.82) is 10.5 Å². The van der Waals surface area contributed by atoms with Gasteiger partial charge < -0.3 is 14.8 Å². The molecule has 0 aliphatic carbocycles. The highest BCUT2D eigenvalue weighted by molar-refractivity contribution is 8.03. The quantitative estimate of drug-likeness (QED) is 0.421. The van der Waals surface area contributed by atoms with E-state index in [1.807, 2.05) is 25.3 Å². The maximum absolute atomic E-state index is 12.2. The number of nitrogens with zero attached hydrogens (tertiary/aromatic N) is 2. The number of amides is 1. The zero-order chi connectivity index (χ0) is 21.4. The number of thioether (sulfide) groups is 1. The molecule has 0 spiro atoms. The molecule has 2 aromatic carbocycles.